The number of piperazine rings is 1. The number of ether oxygens (including phenoxy) is 1. The number of hydrogen-bond donors (Lipinski definition) is 0. The lowest BCUT2D eigenvalue weighted by Crippen LogP contribution is -2.51. The molecule has 0 unspecified atom stereocenters. The minimum atomic E-state index is -0.271. The van der Waals surface area contributed by atoms with Gasteiger partial charge in [-0.3, -0.25) is 4.79 Å². The molecule has 2 aliphatic rings. The maximum Gasteiger partial charge on any atom is 0.409 e. The third-order valence-corrected chi connectivity index (χ3v) is 5.14. The molecule has 2 amide bonds. The summed E-state index contributed by atoms with van der Waals surface area (Å²) in [5, 5.41) is 2.06. The molecule has 0 radical (unpaired) electrons. The van der Waals surface area contributed by atoms with E-state index in [0.29, 0.717) is 38.7 Å². The molecule has 3 rings (SSSR count). The third-order valence-electron chi connectivity index (χ3n) is 4.13. The standard InChI is InChI=1S/C15H20N2O3S/c1-2-20-15(19)17-7-5-16(6-8-17)14(18)12-10-11(12)13-4-3-9-21-13/h3-4,9,11-12H,2,5-8,10H2,1H3/t11-,12-/m1/s1. The van der Waals surface area contributed by atoms with Crippen LogP contribution in [0.5, 0.6) is 0 Å². The van der Waals surface area contributed by atoms with E-state index in [9.17, 15) is 9.59 Å². The summed E-state index contributed by atoms with van der Waals surface area (Å²) >= 11 is 1.73. The first-order valence-electron chi connectivity index (χ1n) is 7.44. The number of hydrogen-bond acceptors (Lipinski definition) is 4. The van der Waals surface area contributed by atoms with Gasteiger partial charge in [-0.25, -0.2) is 4.79 Å². The molecule has 5 nitrogen and oxygen atoms in total. The maximum atomic E-state index is 12.5. The SMILES string of the molecule is CCOC(=O)N1CCN(C(=O)[C@@H]2C[C@H]2c2cccs2)CC1. The predicted molar refractivity (Wildman–Crippen MR) is 80.3 cm³/mol. The lowest BCUT2D eigenvalue weighted by Gasteiger charge is -2.34. The Morgan fingerprint density at radius 3 is 2.62 bits per heavy atom. The Morgan fingerprint density at radius 1 is 1.29 bits per heavy atom. The van der Waals surface area contributed by atoms with Gasteiger partial charge in [-0.2, -0.15) is 0 Å². The van der Waals surface area contributed by atoms with Gasteiger partial charge in [0.25, 0.3) is 0 Å². The molecule has 1 aliphatic carbocycles. The number of amides is 2. The highest BCUT2D eigenvalue weighted by atomic mass is 32.1. The average molecular weight is 308 g/mol. The van der Waals surface area contributed by atoms with Crippen molar-refractivity contribution in [2.24, 2.45) is 5.92 Å². The highest BCUT2D eigenvalue weighted by molar-refractivity contribution is 7.10. The zero-order chi connectivity index (χ0) is 14.8. The Kier molecular flexibility index (Phi) is 4.14. The first kappa shape index (κ1) is 14.4. The molecule has 1 aliphatic heterocycles. The summed E-state index contributed by atoms with van der Waals surface area (Å²) in [6, 6.07) is 4.15. The van der Waals surface area contributed by atoms with E-state index in [2.05, 4.69) is 11.4 Å². The fourth-order valence-electron chi connectivity index (χ4n) is 2.84. The van der Waals surface area contributed by atoms with Crippen molar-refractivity contribution in [1.82, 2.24) is 9.80 Å². The third kappa shape index (κ3) is 3.05. The number of carbonyl (C=O) groups is 2. The molecule has 6 heteroatoms. The van der Waals surface area contributed by atoms with Crippen molar-refractivity contribution in [2.45, 2.75) is 19.3 Å². The second-order valence-corrected chi connectivity index (χ2v) is 6.45. The van der Waals surface area contributed by atoms with E-state index in [0.717, 1.165) is 6.42 Å². The monoisotopic (exact) mass is 308 g/mol. The Morgan fingerprint density at radius 2 is 2.00 bits per heavy atom. The summed E-state index contributed by atoms with van der Waals surface area (Å²) in [5.74, 6) is 0.815. The van der Waals surface area contributed by atoms with Crippen molar-refractivity contribution in [2.75, 3.05) is 32.8 Å². The van der Waals surface area contributed by atoms with Crippen LogP contribution in [0.1, 0.15) is 24.1 Å². The quantitative estimate of drug-likeness (QED) is 0.860. The summed E-state index contributed by atoms with van der Waals surface area (Å²) in [7, 11) is 0. The Balaban J connectivity index is 1.49. The van der Waals surface area contributed by atoms with Gasteiger partial charge in [-0.05, 0) is 24.8 Å². The lowest BCUT2D eigenvalue weighted by molar-refractivity contribution is -0.134. The van der Waals surface area contributed by atoms with E-state index < -0.39 is 0 Å². The van der Waals surface area contributed by atoms with Gasteiger partial charge in [0.1, 0.15) is 0 Å². The van der Waals surface area contributed by atoms with Crippen molar-refractivity contribution >= 4 is 23.3 Å². The molecule has 0 spiro atoms. The minimum absolute atomic E-state index is 0.151. The van der Waals surface area contributed by atoms with Crippen LogP contribution in [-0.2, 0) is 9.53 Å². The maximum absolute atomic E-state index is 12.5. The normalized spacial score (nSPS) is 24.8. The zero-order valence-corrected chi connectivity index (χ0v) is 13.0. The van der Waals surface area contributed by atoms with Crippen molar-refractivity contribution in [1.29, 1.82) is 0 Å². The Hall–Kier alpha value is -1.56. The molecule has 0 aromatic carbocycles. The van der Waals surface area contributed by atoms with Crippen LogP contribution in [-0.4, -0.2) is 54.6 Å². The van der Waals surface area contributed by atoms with Gasteiger partial charge >= 0.3 is 6.09 Å². The molecule has 0 bridgehead atoms. The molecular weight excluding hydrogens is 288 g/mol. The van der Waals surface area contributed by atoms with Gasteiger partial charge in [0.2, 0.25) is 5.91 Å². The number of thiophene rings is 1. The fourth-order valence-corrected chi connectivity index (χ4v) is 3.75. The highest BCUT2D eigenvalue weighted by Gasteiger charge is 2.46. The predicted octanol–water partition coefficient (Wildman–Crippen LogP) is 2.15. The van der Waals surface area contributed by atoms with Gasteiger partial charge in [-0.15, -0.1) is 11.3 Å². The van der Waals surface area contributed by atoms with E-state index in [1.54, 1.807) is 23.2 Å². The van der Waals surface area contributed by atoms with E-state index in [-0.39, 0.29) is 17.9 Å². The Labute approximate surface area is 128 Å². The fraction of sp³-hybridized carbons (Fsp3) is 0.600. The van der Waals surface area contributed by atoms with Gasteiger partial charge in [0.15, 0.2) is 0 Å². The van der Waals surface area contributed by atoms with Crippen molar-refractivity contribution in [3.8, 4) is 0 Å². The summed E-state index contributed by atoms with van der Waals surface area (Å²) in [6.45, 7) is 4.57. The van der Waals surface area contributed by atoms with E-state index >= 15 is 0 Å². The second kappa shape index (κ2) is 6.05. The van der Waals surface area contributed by atoms with Crippen LogP contribution in [0.3, 0.4) is 0 Å². The van der Waals surface area contributed by atoms with Gasteiger partial charge < -0.3 is 14.5 Å². The van der Waals surface area contributed by atoms with Crippen LogP contribution in [0.4, 0.5) is 4.79 Å². The van der Waals surface area contributed by atoms with E-state index in [1.165, 1.54) is 4.88 Å². The highest BCUT2D eigenvalue weighted by Crippen LogP contribution is 2.50. The Bertz CT molecular complexity index is 509. The van der Waals surface area contributed by atoms with Crippen LogP contribution in [0, 0.1) is 5.92 Å². The van der Waals surface area contributed by atoms with Gasteiger partial charge in [-0.1, -0.05) is 6.07 Å². The number of rotatable bonds is 3. The number of nitrogens with zero attached hydrogens (tertiary/aromatic N) is 2. The molecule has 1 aromatic rings. The summed E-state index contributed by atoms with van der Waals surface area (Å²) < 4.78 is 4.99. The molecule has 2 fully saturated rings. The molecule has 21 heavy (non-hydrogen) atoms. The zero-order valence-electron chi connectivity index (χ0n) is 12.2. The molecule has 1 aromatic heterocycles. The lowest BCUT2D eigenvalue weighted by atomic mass is 10.2. The summed E-state index contributed by atoms with van der Waals surface area (Å²) in [4.78, 5) is 29.0. The first-order chi connectivity index (χ1) is 10.2. The minimum Gasteiger partial charge on any atom is -0.450 e. The van der Waals surface area contributed by atoms with E-state index in [1.807, 2.05) is 11.0 Å². The molecule has 2 atom stereocenters. The number of carbonyl (C=O) groups excluding carboxylic acids is 2. The second-order valence-electron chi connectivity index (χ2n) is 5.48. The molecular formula is C15H20N2O3S. The average Bonchev–Trinajstić information content (AvgIpc) is 3.12. The molecule has 0 N–H and O–H groups in total. The summed E-state index contributed by atoms with van der Waals surface area (Å²) in [6.07, 6.45) is 0.699. The molecule has 1 saturated carbocycles. The topological polar surface area (TPSA) is 49.9 Å². The molecule has 2 heterocycles. The van der Waals surface area contributed by atoms with Crippen LogP contribution >= 0.6 is 11.3 Å². The van der Waals surface area contributed by atoms with Crippen molar-refractivity contribution in [3.63, 3.8) is 0 Å². The largest absolute Gasteiger partial charge is 0.450 e. The molecule has 114 valence electrons. The van der Waals surface area contributed by atoms with Crippen molar-refractivity contribution in [3.05, 3.63) is 22.4 Å². The van der Waals surface area contributed by atoms with Gasteiger partial charge in [0, 0.05) is 42.9 Å². The van der Waals surface area contributed by atoms with Crippen LogP contribution < -0.4 is 0 Å². The van der Waals surface area contributed by atoms with Crippen LogP contribution in [0.15, 0.2) is 17.5 Å². The first-order valence-corrected chi connectivity index (χ1v) is 8.32. The van der Waals surface area contributed by atoms with Crippen LogP contribution in [0.2, 0.25) is 0 Å². The van der Waals surface area contributed by atoms with E-state index in [4.69, 9.17) is 4.74 Å². The summed E-state index contributed by atoms with van der Waals surface area (Å²) in [5.41, 5.74) is 0. The van der Waals surface area contributed by atoms with Gasteiger partial charge in [0.05, 0.1) is 6.61 Å². The smallest absolute Gasteiger partial charge is 0.409 e. The van der Waals surface area contributed by atoms with Crippen molar-refractivity contribution < 1.29 is 14.3 Å². The van der Waals surface area contributed by atoms with Crippen LogP contribution in [0.25, 0.3) is 0 Å². The molecule has 1 saturated heterocycles.